The number of fused-ring (bicyclic) bond motifs is 1. The summed E-state index contributed by atoms with van der Waals surface area (Å²) in [7, 11) is 1.58. The highest BCUT2D eigenvalue weighted by atomic mass is 16.7. The Morgan fingerprint density at radius 2 is 1.89 bits per heavy atom. The molecule has 2 aromatic carbocycles. The maximum atomic E-state index is 13.5. The van der Waals surface area contributed by atoms with Gasteiger partial charge in [-0.2, -0.15) is 0 Å². The monoisotopic (exact) mass is 497 g/mol. The summed E-state index contributed by atoms with van der Waals surface area (Å²) in [6.45, 7) is 2.88. The lowest BCUT2D eigenvalue weighted by molar-refractivity contribution is -0.0315. The van der Waals surface area contributed by atoms with Gasteiger partial charge in [0.15, 0.2) is 11.5 Å². The number of amides is 3. The Morgan fingerprint density at radius 1 is 1.06 bits per heavy atom. The van der Waals surface area contributed by atoms with E-state index in [0.29, 0.717) is 67.9 Å². The molecule has 2 saturated heterocycles. The molecule has 2 aromatic rings. The van der Waals surface area contributed by atoms with Gasteiger partial charge in [-0.05, 0) is 43.2 Å². The number of carbonyl (C=O) groups is 2. The van der Waals surface area contributed by atoms with Crippen LogP contribution in [0.1, 0.15) is 23.2 Å². The van der Waals surface area contributed by atoms with Crippen LogP contribution in [0.3, 0.4) is 0 Å². The summed E-state index contributed by atoms with van der Waals surface area (Å²) in [5, 5.41) is 2.92. The minimum Gasteiger partial charge on any atom is -0.497 e. The van der Waals surface area contributed by atoms with Gasteiger partial charge in [-0.25, -0.2) is 4.79 Å². The van der Waals surface area contributed by atoms with E-state index in [1.54, 1.807) is 41.2 Å². The van der Waals surface area contributed by atoms with Gasteiger partial charge < -0.3 is 38.8 Å². The van der Waals surface area contributed by atoms with Gasteiger partial charge in [-0.1, -0.05) is 6.07 Å². The van der Waals surface area contributed by atoms with E-state index < -0.39 is 0 Å². The topological polar surface area (TPSA) is 98.8 Å². The lowest BCUT2D eigenvalue weighted by Gasteiger charge is -2.36. The van der Waals surface area contributed by atoms with Gasteiger partial charge in [0, 0.05) is 43.6 Å². The highest BCUT2D eigenvalue weighted by Crippen LogP contribution is 2.33. The summed E-state index contributed by atoms with van der Waals surface area (Å²) < 4.78 is 27.9. The highest BCUT2D eigenvalue weighted by Gasteiger charge is 2.31. The van der Waals surface area contributed by atoms with E-state index in [1.165, 1.54) is 0 Å². The summed E-state index contributed by atoms with van der Waals surface area (Å²) in [5.41, 5.74) is 1.17. The first kappa shape index (κ1) is 24.2. The Balaban J connectivity index is 1.25. The van der Waals surface area contributed by atoms with E-state index in [-0.39, 0.29) is 30.9 Å². The van der Waals surface area contributed by atoms with Crippen LogP contribution in [0.5, 0.6) is 17.2 Å². The van der Waals surface area contributed by atoms with Crippen LogP contribution < -0.4 is 19.5 Å². The number of nitrogens with zero attached hydrogens (tertiary/aromatic N) is 2. The Kier molecular flexibility index (Phi) is 7.43. The fraction of sp³-hybridized carbons (Fsp3) is 0.462. The lowest BCUT2D eigenvalue weighted by atomic mass is 10.1. The molecule has 10 nitrogen and oxygen atoms in total. The van der Waals surface area contributed by atoms with Crippen molar-refractivity contribution in [1.82, 2.24) is 9.80 Å². The molecule has 3 amide bonds. The van der Waals surface area contributed by atoms with Crippen LogP contribution in [0, 0.1) is 0 Å². The number of rotatable bonds is 7. The Labute approximate surface area is 210 Å². The third kappa shape index (κ3) is 5.66. The molecule has 0 radical (unpaired) electrons. The second kappa shape index (κ2) is 11.0. The SMILES string of the molecule is COc1cccc(NC(=O)N2CCOC(CN(CC3CCCO3)C(=O)c3ccc4c(c3)OCO4)C2)c1. The van der Waals surface area contributed by atoms with Crippen molar-refractivity contribution in [2.75, 3.05) is 58.6 Å². The molecule has 0 aromatic heterocycles. The number of morpholine rings is 1. The molecular formula is C26H31N3O7. The smallest absolute Gasteiger partial charge is 0.322 e. The molecule has 10 heteroatoms. The Morgan fingerprint density at radius 3 is 2.72 bits per heavy atom. The van der Waals surface area contributed by atoms with Gasteiger partial charge in [0.1, 0.15) is 5.75 Å². The maximum Gasteiger partial charge on any atom is 0.322 e. The van der Waals surface area contributed by atoms with Crippen molar-refractivity contribution in [2.45, 2.75) is 25.0 Å². The minimum atomic E-state index is -0.325. The van der Waals surface area contributed by atoms with Gasteiger partial charge in [0.2, 0.25) is 6.79 Å². The largest absolute Gasteiger partial charge is 0.497 e. The van der Waals surface area contributed by atoms with Gasteiger partial charge in [-0.15, -0.1) is 0 Å². The van der Waals surface area contributed by atoms with Crippen LogP contribution in [0.2, 0.25) is 0 Å². The van der Waals surface area contributed by atoms with Gasteiger partial charge >= 0.3 is 6.03 Å². The predicted molar refractivity (Wildman–Crippen MR) is 131 cm³/mol. The molecule has 0 spiro atoms. The van der Waals surface area contributed by atoms with Gasteiger partial charge in [0.25, 0.3) is 5.91 Å². The third-order valence-corrected chi connectivity index (χ3v) is 6.53. The van der Waals surface area contributed by atoms with Crippen LogP contribution in [0.4, 0.5) is 10.5 Å². The van der Waals surface area contributed by atoms with Crippen molar-refractivity contribution in [1.29, 1.82) is 0 Å². The van der Waals surface area contributed by atoms with E-state index in [0.717, 1.165) is 12.8 Å². The molecule has 3 heterocycles. The minimum absolute atomic E-state index is 0.0148. The number of hydrogen-bond donors (Lipinski definition) is 1. The number of nitrogens with one attached hydrogen (secondary N) is 1. The van der Waals surface area contributed by atoms with Crippen LogP contribution in [-0.4, -0.2) is 87.2 Å². The number of hydrogen-bond acceptors (Lipinski definition) is 7. The van der Waals surface area contributed by atoms with Crippen molar-refractivity contribution in [2.24, 2.45) is 0 Å². The van der Waals surface area contributed by atoms with Crippen molar-refractivity contribution in [3.8, 4) is 17.2 Å². The van der Waals surface area contributed by atoms with Crippen LogP contribution >= 0.6 is 0 Å². The van der Waals surface area contributed by atoms with Crippen molar-refractivity contribution in [3.05, 3.63) is 48.0 Å². The first-order valence-corrected chi connectivity index (χ1v) is 12.2. The van der Waals surface area contributed by atoms with Crippen molar-refractivity contribution < 1.29 is 33.3 Å². The standard InChI is InChI=1S/C26H31N3O7/c1-32-20-5-2-4-19(13-20)27-26(31)28-9-11-34-22(15-28)16-29(14-21-6-3-10-33-21)25(30)18-7-8-23-24(12-18)36-17-35-23/h2,4-5,7-8,12-13,21-22H,3,6,9-11,14-17H2,1H3,(H,27,31). The number of urea groups is 1. The molecule has 0 saturated carbocycles. The number of anilines is 1. The first-order valence-electron chi connectivity index (χ1n) is 12.2. The molecule has 1 N–H and O–H groups in total. The number of ether oxygens (including phenoxy) is 5. The van der Waals surface area contributed by atoms with Gasteiger partial charge in [0.05, 0.1) is 32.5 Å². The van der Waals surface area contributed by atoms with Crippen LogP contribution in [0.15, 0.2) is 42.5 Å². The number of carbonyl (C=O) groups excluding carboxylic acids is 2. The normalized spacial score (nSPS) is 20.8. The average molecular weight is 498 g/mol. The van der Waals surface area contributed by atoms with E-state index in [2.05, 4.69) is 5.32 Å². The predicted octanol–water partition coefficient (Wildman–Crippen LogP) is 2.98. The van der Waals surface area contributed by atoms with E-state index >= 15 is 0 Å². The molecule has 2 fully saturated rings. The Bertz CT molecular complexity index is 1090. The summed E-state index contributed by atoms with van der Waals surface area (Å²) in [6, 6.07) is 12.2. The summed E-state index contributed by atoms with van der Waals surface area (Å²) in [4.78, 5) is 29.9. The Hall–Kier alpha value is -3.50. The molecule has 5 rings (SSSR count). The maximum absolute atomic E-state index is 13.5. The van der Waals surface area contributed by atoms with Crippen LogP contribution in [0.25, 0.3) is 0 Å². The summed E-state index contributed by atoms with van der Waals surface area (Å²) >= 11 is 0. The molecule has 0 bridgehead atoms. The van der Waals surface area contributed by atoms with Crippen molar-refractivity contribution >= 4 is 17.6 Å². The molecular weight excluding hydrogens is 466 g/mol. The van der Waals surface area contributed by atoms with Gasteiger partial charge in [-0.3, -0.25) is 4.79 Å². The molecule has 3 aliphatic heterocycles. The highest BCUT2D eigenvalue weighted by molar-refractivity contribution is 5.95. The summed E-state index contributed by atoms with van der Waals surface area (Å²) in [6.07, 6.45) is 1.55. The zero-order valence-corrected chi connectivity index (χ0v) is 20.3. The first-order chi connectivity index (χ1) is 17.6. The average Bonchev–Trinajstić information content (AvgIpc) is 3.60. The molecule has 3 aliphatic rings. The quantitative estimate of drug-likeness (QED) is 0.628. The lowest BCUT2D eigenvalue weighted by Crippen LogP contribution is -2.52. The molecule has 2 atom stereocenters. The summed E-state index contributed by atoms with van der Waals surface area (Å²) in [5.74, 6) is 1.72. The number of benzene rings is 2. The van der Waals surface area contributed by atoms with E-state index in [9.17, 15) is 9.59 Å². The zero-order valence-electron chi connectivity index (χ0n) is 20.3. The van der Waals surface area contributed by atoms with Crippen LogP contribution in [-0.2, 0) is 9.47 Å². The molecule has 36 heavy (non-hydrogen) atoms. The van der Waals surface area contributed by atoms with E-state index in [1.807, 2.05) is 18.2 Å². The second-order valence-corrected chi connectivity index (χ2v) is 9.01. The fourth-order valence-corrected chi connectivity index (χ4v) is 4.65. The fourth-order valence-electron chi connectivity index (χ4n) is 4.65. The number of methoxy groups -OCH3 is 1. The van der Waals surface area contributed by atoms with E-state index in [4.69, 9.17) is 23.7 Å². The van der Waals surface area contributed by atoms with Crippen molar-refractivity contribution in [3.63, 3.8) is 0 Å². The second-order valence-electron chi connectivity index (χ2n) is 9.01. The molecule has 192 valence electrons. The third-order valence-electron chi connectivity index (χ3n) is 6.53. The zero-order chi connectivity index (χ0) is 24.9. The molecule has 2 unspecified atom stereocenters. The molecule has 0 aliphatic carbocycles.